The molecule has 43 heavy (non-hydrogen) atoms. The number of methoxy groups -OCH3 is 3. The molecule has 14 nitrogen and oxygen atoms in total. The van der Waals surface area contributed by atoms with Crippen LogP contribution in [0.5, 0.6) is 23.0 Å². The lowest BCUT2D eigenvalue weighted by molar-refractivity contribution is -0.143. The van der Waals surface area contributed by atoms with Gasteiger partial charge >= 0.3 is 18.0 Å². The van der Waals surface area contributed by atoms with Crippen molar-refractivity contribution in [1.29, 1.82) is 0 Å². The maximum absolute atomic E-state index is 12.6. The van der Waals surface area contributed by atoms with Crippen LogP contribution in [-0.4, -0.2) is 71.2 Å². The van der Waals surface area contributed by atoms with E-state index >= 15 is 0 Å². The summed E-state index contributed by atoms with van der Waals surface area (Å²) in [6.07, 6.45) is 1.38. The summed E-state index contributed by atoms with van der Waals surface area (Å²) in [5, 5.41) is 9.24. The van der Waals surface area contributed by atoms with Crippen molar-refractivity contribution in [2.45, 2.75) is 19.9 Å². The number of carbonyl (C=O) groups is 4. The van der Waals surface area contributed by atoms with Crippen LogP contribution in [0.2, 0.25) is 0 Å². The molecule has 3 N–H and O–H groups in total. The van der Waals surface area contributed by atoms with Crippen LogP contribution in [0.15, 0.2) is 51.2 Å². The number of amides is 3. The molecular formula is C28H31BrN4O10. The molecule has 1 atom stereocenters. The quantitative estimate of drug-likeness (QED) is 0.164. The largest absolute Gasteiger partial charge is 0.493 e. The number of rotatable bonds is 13. The van der Waals surface area contributed by atoms with E-state index in [0.717, 1.165) is 0 Å². The minimum absolute atomic E-state index is 0.170. The number of hydrazone groups is 1. The van der Waals surface area contributed by atoms with Crippen molar-refractivity contribution in [3.8, 4) is 23.0 Å². The van der Waals surface area contributed by atoms with E-state index in [9.17, 15) is 19.2 Å². The number of halogens is 1. The van der Waals surface area contributed by atoms with Gasteiger partial charge in [-0.3, -0.25) is 4.79 Å². The van der Waals surface area contributed by atoms with Gasteiger partial charge in [0.2, 0.25) is 0 Å². The highest BCUT2D eigenvalue weighted by Crippen LogP contribution is 2.35. The molecule has 0 saturated heterocycles. The summed E-state index contributed by atoms with van der Waals surface area (Å²) in [5.41, 5.74) is 4.08. The fourth-order valence-corrected chi connectivity index (χ4v) is 4.30. The lowest BCUT2D eigenvalue weighted by Gasteiger charge is -2.28. The molecule has 0 fully saturated rings. The van der Waals surface area contributed by atoms with E-state index in [1.807, 2.05) is 0 Å². The number of hydrogen-bond donors (Lipinski definition) is 3. The monoisotopic (exact) mass is 662 g/mol. The van der Waals surface area contributed by atoms with E-state index < -0.39 is 36.5 Å². The Morgan fingerprint density at radius 3 is 2.37 bits per heavy atom. The minimum atomic E-state index is -0.792. The summed E-state index contributed by atoms with van der Waals surface area (Å²) in [5.74, 6) is -0.512. The second-order valence-corrected chi connectivity index (χ2v) is 9.53. The Kier molecular flexibility index (Phi) is 11.8. The van der Waals surface area contributed by atoms with E-state index in [-0.39, 0.29) is 30.3 Å². The zero-order chi connectivity index (χ0) is 31.5. The summed E-state index contributed by atoms with van der Waals surface area (Å²) >= 11 is 3.39. The second-order valence-electron chi connectivity index (χ2n) is 8.67. The summed E-state index contributed by atoms with van der Waals surface area (Å²) in [7, 11) is 4.11. The van der Waals surface area contributed by atoms with Crippen molar-refractivity contribution >= 4 is 46.0 Å². The molecule has 230 valence electrons. The lowest BCUT2D eigenvalue weighted by Crippen LogP contribution is -2.45. The van der Waals surface area contributed by atoms with E-state index in [4.69, 9.17) is 23.7 Å². The van der Waals surface area contributed by atoms with Crippen LogP contribution in [0.1, 0.15) is 31.0 Å². The predicted molar refractivity (Wildman–Crippen MR) is 156 cm³/mol. The van der Waals surface area contributed by atoms with Gasteiger partial charge in [0.25, 0.3) is 5.91 Å². The van der Waals surface area contributed by atoms with Gasteiger partial charge in [0.05, 0.1) is 45.8 Å². The molecule has 0 unspecified atom stereocenters. The topological polar surface area (TPSA) is 172 Å². The van der Waals surface area contributed by atoms with E-state index in [2.05, 4.69) is 41.8 Å². The highest BCUT2D eigenvalue weighted by atomic mass is 79.9. The van der Waals surface area contributed by atoms with Crippen LogP contribution in [0.3, 0.4) is 0 Å². The summed E-state index contributed by atoms with van der Waals surface area (Å²) < 4.78 is 32.1. The first-order chi connectivity index (χ1) is 20.6. The molecule has 1 aliphatic heterocycles. The van der Waals surface area contributed by atoms with Gasteiger partial charge in [-0.1, -0.05) is 6.07 Å². The van der Waals surface area contributed by atoms with Crippen molar-refractivity contribution in [2.24, 2.45) is 5.10 Å². The Bertz CT molecular complexity index is 1440. The summed E-state index contributed by atoms with van der Waals surface area (Å²) in [6, 6.07) is 6.72. The van der Waals surface area contributed by atoms with E-state index in [1.165, 1.54) is 27.5 Å². The van der Waals surface area contributed by atoms with Crippen LogP contribution < -0.4 is 35.0 Å². The second kappa shape index (κ2) is 15.4. The van der Waals surface area contributed by atoms with E-state index in [0.29, 0.717) is 32.8 Å². The van der Waals surface area contributed by atoms with Crippen LogP contribution in [0.4, 0.5) is 4.79 Å². The highest BCUT2D eigenvalue weighted by Gasteiger charge is 2.32. The predicted octanol–water partition coefficient (Wildman–Crippen LogP) is 2.74. The van der Waals surface area contributed by atoms with Crippen molar-refractivity contribution in [3.05, 3.63) is 57.2 Å². The zero-order valence-corrected chi connectivity index (χ0v) is 25.7. The minimum Gasteiger partial charge on any atom is -0.493 e. The van der Waals surface area contributed by atoms with Gasteiger partial charge in [0, 0.05) is 15.7 Å². The Morgan fingerprint density at radius 1 is 1.00 bits per heavy atom. The maximum atomic E-state index is 12.6. The Labute approximate surface area is 255 Å². The van der Waals surface area contributed by atoms with Crippen LogP contribution in [0, 0.1) is 0 Å². The zero-order valence-electron chi connectivity index (χ0n) is 24.1. The standard InChI is InChI=1S/C28H31BrN4O10/c1-6-41-27(36)25-15(2)31-28(37)32-26(25)16-7-8-19(20(9-16)38-3)42-13-23(34)33-30-12-17-10-21(39-4)22(11-18(17)29)43-14-24(35)40-5/h7-12,26H,6,13-14H2,1-5H3,(H,33,34)(H2,31,32,37)/b30-12-/t26-/m1/s1. The molecule has 0 aliphatic carbocycles. The van der Waals surface area contributed by atoms with Gasteiger partial charge in [0.1, 0.15) is 0 Å². The summed E-state index contributed by atoms with van der Waals surface area (Å²) in [6.45, 7) is 2.78. The molecule has 1 aliphatic rings. The number of urea groups is 1. The third-order valence-corrected chi connectivity index (χ3v) is 6.58. The summed E-state index contributed by atoms with van der Waals surface area (Å²) in [4.78, 5) is 48.5. The van der Waals surface area contributed by atoms with Gasteiger partial charge in [-0.2, -0.15) is 5.10 Å². The van der Waals surface area contributed by atoms with Gasteiger partial charge in [0.15, 0.2) is 36.2 Å². The van der Waals surface area contributed by atoms with Gasteiger partial charge in [-0.15, -0.1) is 0 Å². The van der Waals surface area contributed by atoms with Gasteiger partial charge in [-0.25, -0.2) is 19.8 Å². The number of esters is 2. The molecule has 0 bridgehead atoms. The van der Waals surface area contributed by atoms with Crippen molar-refractivity contribution < 1.29 is 47.6 Å². The molecule has 0 spiro atoms. The van der Waals surface area contributed by atoms with Gasteiger partial charge in [-0.05, 0) is 59.6 Å². The first kappa shape index (κ1) is 32.7. The normalized spacial score (nSPS) is 14.4. The number of hydrogen-bond acceptors (Lipinski definition) is 11. The fraction of sp³-hybridized carbons (Fsp3) is 0.321. The molecule has 15 heteroatoms. The average molecular weight is 663 g/mol. The number of carbonyl (C=O) groups excluding carboxylic acids is 4. The third kappa shape index (κ3) is 8.61. The molecule has 3 amide bonds. The Morgan fingerprint density at radius 2 is 1.70 bits per heavy atom. The number of benzene rings is 2. The smallest absolute Gasteiger partial charge is 0.343 e. The van der Waals surface area contributed by atoms with Crippen LogP contribution in [0.25, 0.3) is 0 Å². The first-order valence-corrected chi connectivity index (χ1v) is 13.6. The fourth-order valence-electron chi connectivity index (χ4n) is 3.87. The SMILES string of the molecule is CCOC(=O)C1=C(C)NC(=O)N[C@@H]1c1ccc(OCC(=O)N/N=C\c2cc(OC)c(OCC(=O)OC)cc2Br)c(OC)c1. The average Bonchev–Trinajstić information content (AvgIpc) is 2.99. The lowest BCUT2D eigenvalue weighted by atomic mass is 9.95. The molecule has 0 aromatic heterocycles. The molecule has 3 rings (SSSR count). The van der Waals surface area contributed by atoms with Crippen molar-refractivity contribution in [3.63, 3.8) is 0 Å². The third-order valence-electron chi connectivity index (χ3n) is 5.89. The number of nitrogens with one attached hydrogen (secondary N) is 3. The first-order valence-electron chi connectivity index (χ1n) is 12.8. The molecule has 2 aromatic rings. The Hall–Kier alpha value is -4.79. The van der Waals surface area contributed by atoms with E-state index in [1.54, 1.807) is 44.2 Å². The van der Waals surface area contributed by atoms with Crippen molar-refractivity contribution in [1.82, 2.24) is 16.1 Å². The number of nitrogens with zero attached hydrogens (tertiary/aromatic N) is 1. The molecule has 2 aromatic carbocycles. The van der Waals surface area contributed by atoms with Crippen LogP contribution in [-0.2, 0) is 23.9 Å². The molecule has 1 heterocycles. The Balaban J connectivity index is 1.66. The van der Waals surface area contributed by atoms with Crippen molar-refractivity contribution in [2.75, 3.05) is 41.2 Å². The molecular weight excluding hydrogens is 632 g/mol. The van der Waals surface area contributed by atoms with Crippen LogP contribution >= 0.6 is 15.9 Å². The molecule has 0 saturated carbocycles. The number of allylic oxidation sites excluding steroid dienone is 1. The number of ether oxygens (including phenoxy) is 6. The highest BCUT2D eigenvalue weighted by molar-refractivity contribution is 9.10. The maximum Gasteiger partial charge on any atom is 0.343 e. The van der Waals surface area contributed by atoms with Gasteiger partial charge < -0.3 is 39.1 Å². The molecule has 0 radical (unpaired) electrons.